The second-order valence-electron chi connectivity index (χ2n) is 7.13. The molecule has 4 rings (SSSR count). The molecule has 7 heteroatoms. The third-order valence-corrected chi connectivity index (χ3v) is 5.43. The van der Waals surface area contributed by atoms with E-state index in [0.717, 1.165) is 54.7 Å². The van der Waals surface area contributed by atoms with Crippen molar-refractivity contribution in [2.24, 2.45) is 0 Å². The summed E-state index contributed by atoms with van der Waals surface area (Å²) in [6.45, 7) is 5.31. The first-order valence-corrected chi connectivity index (χ1v) is 10.1. The minimum absolute atomic E-state index is 0.00989. The molecular formula is C21H25ClN3O3+. The second kappa shape index (κ2) is 8.71. The lowest BCUT2D eigenvalue weighted by Crippen LogP contribution is -3.15. The molecule has 0 atom stereocenters. The van der Waals surface area contributed by atoms with Crippen LogP contribution >= 0.6 is 11.6 Å². The fraction of sp³-hybridized carbons (Fsp3) is 0.381. The number of hydrogen-bond donors (Lipinski definition) is 2. The summed E-state index contributed by atoms with van der Waals surface area (Å²) in [7, 11) is 0. The van der Waals surface area contributed by atoms with Gasteiger partial charge in [-0.15, -0.1) is 0 Å². The zero-order chi connectivity index (χ0) is 19.3. The lowest BCUT2D eigenvalue weighted by molar-refractivity contribution is -0.892. The Kier molecular flexibility index (Phi) is 5.88. The van der Waals surface area contributed by atoms with Crippen molar-refractivity contribution in [2.45, 2.75) is 6.42 Å². The van der Waals surface area contributed by atoms with Crippen LogP contribution in [0.15, 0.2) is 42.5 Å². The monoisotopic (exact) mass is 402 g/mol. The number of carbonyl (C=O) groups excluding carboxylic acids is 1. The summed E-state index contributed by atoms with van der Waals surface area (Å²) in [4.78, 5) is 16.0. The lowest BCUT2D eigenvalue weighted by atomic mass is 10.2. The number of carbonyl (C=O) groups is 1. The summed E-state index contributed by atoms with van der Waals surface area (Å²) in [5.41, 5.74) is 1.81. The van der Waals surface area contributed by atoms with Crippen LogP contribution in [-0.2, 0) is 4.79 Å². The number of rotatable bonds is 4. The summed E-state index contributed by atoms with van der Waals surface area (Å²) in [6, 6.07) is 13.5. The highest BCUT2D eigenvalue weighted by Crippen LogP contribution is 2.32. The number of benzene rings is 2. The maximum Gasteiger partial charge on any atom is 0.279 e. The molecule has 2 aromatic carbocycles. The molecule has 0 saturated carbocycles. The van der Waals surface area contributed by atoms with Crippen molar-refractivity contribution in [2.75, 3.05) is 56.2 Å². The van der Waals surface area contributed by atoms with Gasteiger partial charge in [0.05, 0.1) is 50.1 Å². The molecule has 1 fully saturated rings. The Morgan fingerprint density at radius 3 is 2.61 bits per heavy atom. The van der Waals surface area contributed by atoms with E-state index in [2.05, 4.69) is 10.2 Å². The van der Waals surface area contributed by atoms with Crippen LogP contribution in [0.4, 0.5) is 11.4 Å². The van der Waals surface area contributed by atoms with Gasteiger partial charge in [-0.3, -0.25) is 4.79 Å². The molecule has 2 aromatic rings. The number of hydrogen-bond acceptors (Lipinski definition) is 4. The van der Waals surface area contributed by atoms with Gasteiger partial charge < -0.3 is 24.6 Å². The minimum atomic E-state index is 0.00989. The van der Waals surface area contributed by atoms with Crippen molar-refractivity contribution >= 4 is 28.9 Å². The van der Waals surface area contributed by atoms with E-state index in [0.29, 0.717) is 25.5 Å². The highest BCUT2D eigenvalue weighted by Gasteiger charge is 2.23. The summed E-state index contributed by atoms with van der Waals surface area (Å²) in [5, 5.41) is 3.76. The molecule has 0 aromatic heterocycles. The third kappa shape index (κ3) is 4.51. The van der Waals surface area contributed by atoms with Gasteiger partial charge in [0.2, 0.25) is 0 Å². The number of piperazine rings is 1. The minimum Gasteiger partial charge on any atom is -0.490 e. The van der Waals surface area contributed by atoms with E-state index in [1.807, 2.05) is 42.5 Å². The van der Waals surface area contributed by atoms with Gasteiger partial charge in [-0.2, -0.15) is 0 Å². The molecule has 0 spiro atoms. The second-order valence-corrected chi connectivity index (χ2v) is 7.53. The number of amides is 1. The number of nitrogens with one attached hydrogen (secondary N) is 2. The van der Waals surface area contributed by atoms with Gasteiger partial charge in [0.25, 0.3) is 5.91 Å². The largest absolute Gasteiger partial charge is 0.490 e. The van der Waals surface area contributed by atoms with E-state index >= 15 is 0 Å². The molecule has 2 heterocycles. The van der Waals surface area contributed by atoms with Gasteiger partial charge >= 0.3 is 0 Å². The molecule has 0 unspecified atom stereocenters. The maximum absolute atomic E-state index is 12.5. The summed E-state index contributed by atoms with van der Waals surface area (Å²) < 4.78 is 11.3. The Balaban J connectivity index is 1.29. The van der Waals surface area contributed by atoms with E-state index in [9.17, 15) is 4.79 Å². The summed E-state index contributed by atoms with van der Waals surface area (Å²) >= 11 is 6.30. The van der Waals surface area contributed by atoms with Crippen LogP contribution in [0.3, 0.4) is 0 Å². The standard InChI is InChI=1S/C21H24ClN3O3/c22-17-4-1-2-5-18(17)25-10-8-24(9-11-25)15-21(26)23-16-6-7-19-20(14-16)28-13-3-12-27-19/h1-2,4-7,14H,3,8-13,15H2,(H,23,26)/p+1. The van der Waals surface area contributed by atoms with Crippen molar-refractivity contribution in [1.29, 1.82) is 0 Å². The molecule has 2 aliphatic rings. The number of nitrogens with zero attached hydrogens (tertiary/aromatic N) is 1. The first kappa shape index (κ1) is 18.9. The van der Waals surface area contributed by atoms with Crippen LogP contribution in [0.1, 0.15) is 6.42 Å². The molecule has 28 heavy (non-hydrogen) atoms. The van der Waals surface area contributed by atoms with Crippen molar-refractivity contribution in [3.63, 3.8) is 0 Å². The van der Waals surface area contributed by atoms with Crippen LogP contribution in [0, 0.1) is 0 Å². The first-order valence-electron chi connectivity index (χ1n) is 9.71. The zero-order valence-corrected chi connectivity index (χ0v) is 16.5. The third-order valence-electron chi connectivity index (χ3n) is 5.11. The Hall–Kier alpha value is -2.44. The number of anilines is 2. The molecular weight excluding hydrogens is 378 g/mol. The average molecular weight is 403 g/mol. The number of para-hydroxylation sites is 1. The van der Waals surface area contributed by atoms with Gasteiger partial charge in [-0.05, 0) is 24.3 Å². The molecule has 0 bridgehead atoms. The number of fused-ring (bicyclic) bond motifs is 1. The molecule has 2 aliphatic heterocycles. The van der Waals surface area contributed by atoms with E-state index in [1.54, 1.807) is 0 Å². The molecule has 148 valence electrons. The zero-order valence-electron chi connectivity index (χ0n) is 15.7. The van der Waals surface area contributed by atoms with Crippen molar-refractivity contribution < 1.29 is 19.2 Å². The highest BCUT2D eigenvalue weighted by atomic mass is 35.5. The SMILES string of the molecule is O=C(C[NH+]1CCN(c2ccccc2Cl)CC1)Nc1ccc2c(c1)OCCCO2. The molecule has 6 nitrogen and oxygen atoms in total. The van der Waals surface area contributed by atoms with Gasteiger partial charge in [0.15, 0.2) is 18.0 Å². The quantitative estimate of drug-likeness (QED) is 0.819. The Morgan fingerprint density at radius 1 is 1.07 bits per heavy atom. The van der Waals surface area contributed by atoms with Crippen LogP contribution < -0.4 is 24.6 Å². The fourth-order valence-corrected chi connectivity index (χ4v) is 3.88. The molecule has 1 amide bonds. The molecule has 2 N–H and O–H groups in total. The van der Waals surface area contributed by atoms with Crippen molar-refractivity contribution in [3.05, 3.63) is 47.5 Å². The molecule has 1 saturated heterocycles. The first-order chi connectivity index (χ1) is 13.7. The van der Waals surface area contributed by atoms with Crippen LogP contribution in [0.25, 0.3) is 0 Å². The lowest BCUT2D eigenvalue weighted by Gasteiger charge is -2.33. The highest BCUT2D eigenvalue weighted by molar-refractivity contribution is 6.33. The Bertz CT molecular complexity index is 837. The topological polar surface area (TPSA) is 55.2 Å². The number of ether oxygens (including phenoxy) is 2. The summed E-state index contributed by atoms with van der Waals surface area (Å²) in [6.07, 6.45) is 0.861. The summed E-state index contributed by atoms with van der Waals surface area (Å²) in [5.74, 6) is 1.43. The van der Waals surface area contributed by atoms with E-state index < -0.39 is 0 Å². The van der Waals surface area contributed by atoms with Gasteiger partial charge in [-0.25, -0.2) is 0 Å². The van der Waals surface area contributed by atoms with Gasteiger partial charge in [0.1, 0.15) is 0 Å². The maximum atomic E-state index is 12.5. The molecule has 0 aliphatic carbocycles. The van der Waals surface area contributed by atoms with Crippen LogP contribution in [0.2, 0.25) is 5.02 Å². The van der Waals surface area contributed by atoms with Crippen molar-refractivity contribution in [1.82, 2.24) is 0 Å². The molecule has 0 radical (unpaired) electrons. The van der Waals surface area contributed by atoms with Crippen LogP contribution in [-0.4, -0.2) is 51.8 Å². The normalized spacial score (nSPS) is 17.1. The predicted molar refractivity (Wildman–Crippen MR) is 110 cm³/mol. The fourth-order valence-electron chi connectivity index (χ4n) is 3.62. The number of quaternary nitrogens is 1. The van der Waals surface area contributed by atoms with Gasteiger partial charge in [0, 0.05) is 18.2 Å². The Morgan fingerprint density at radius 2 is 1.82 bits per heavy atom. The van der Waals surface area contributed by atoms with E-state index in [-0.39, 0.29) is 5.91 Å². The average Bonchev–Trinajstić information content (AvgIpc) is 2.94. The van der Waals surface area contributed by atoms with E-state index in [1.165, 1.54) is 4.90 Å². The number of halogens is 1. The smallest absolute Gasteiger partial charge is 0.279 e. The Labute approximate surface area is 170 Å². The van der Waals surface area contributed by atoms with E-state index in [4.69, 9.17) is 21.1 Å². The predicted octanol–water partition coefficient (Wildman–Crippen LogP) is 1.84. The van der Waals surface area contributed by atoms with Crippen molar-refractivity contribution in [3.8, 4) is 11.5 Å². The van der Waals surface area contributed by atoms with Gasteiger partial charge in [-0.1, -0.05) is 23.7 Å². The van der Waals surface area contributed by atoms with Crippen LogP contribution in [0.5, 0.6) is 11.5 Å².